The van der Waals surface area contributed by atoms with Gasteiger partial charge in [0.2, 0.25) is 5.82 Å². The number of aromatic nitrogens is 4. The average molecular weight is 268 g/mol. The largest absolute Gasteiger partial charge is 0.437 e. The number of hydrogen-bond acceptors (Lipinski definition) is 4. The lowest BCUT2D eigenvalue weighted by Gasteiger charge is -1.95. The molecule has 102 valence electrons. The molecule has 0 atom stereocenters. The Morgan fingerprint density at radius 3 is 2.65 bits per heavy atom. The summed E-state index contributed by atoms with van der Waals surface area (Å²) in [7, 11) is 0. The van der Waals surface area contributed by atoms with Crippen LogP contribution in [0.3, 0.4) is 0 Å². The topological polar surface area (TPSA) is 67.6 Å². The summed E-state index contributed by atoms with van der Waals surface area (Å²) in [6.45, 7) is 3.92. The summed E-state index contributed by atoms with van der Waals surface area (Å²) < 4.78 is 5.66. The zero-order valence-corrected chi connectivity index (χ0v) is 11.6. The first-order chi connectivity index (χ1) is 9.76. The van der Waals surface area contributed by atoms with Gasteiger partial charge in [-0.05, 0) is 12.5 Å². The zero-order valence-electron chi connectivity index (χ0n) is 11.6. The molecule has 0 fully saturated rings. The van der Waals surface area contributed by atoms with E-state index in [-0.39, 0.29) is 0 Å². The van der Waals surface area contributed by atoms with E-state index in [2.05, 4.69) is 32.3 Å². The molecule has 0 saturated carbocycles. The number of benzene rings is 1. The molecule has 5 nitrogen and oxygen atoms in total. The molecular weight excluding hydrogens is 252 g/mol. The molecule has 0 unspecified atom stereocenters. The lowest BCUT2D eigenvalue weighted by Crippen LogP contribution is -1.90. The highest BCUT2D eigenvalue weighted by atomic mass is 16.4. The molecule has 2 heterocycles. The van der Waals surface area contributed by atoms with E-state index in [0.717, 1.165) is 24.4 Å². The summed E-state index contributed by atoms with van der Waals surface area (Å²) in [6.07, 6.45) is 1.49. The first-order valence-electron chi connectivity index (χ1n) is 6.68. The van der Waals surface area contributed by atoms with Gasteiger partial charge in [-0.2, -0.15) is 0 Å². The number of oxazole rings is 1. The molecule has 1 N–H and O–H groups in total. The number of H-pyrrole nitrogens is 1. The molecule has 0 amide bonds. The van der Waals surface area contributed by atoms with E-state index < -0.39 is 0 Å². The normalized spacial score (nSPS) is 10.9. The van der Waals surface area contributed by atoms with E-state index in [1.54, 1.807) is 0 Å². The number of rotatable bonds is 4. The minimum atomic E-state index is 0.570. The van der Waals surface area contributed by atoms with Crippen LogP contribution in [0.4, 0.5) is 0 Å². The van der Waals surface area contributed by atoms with E-state index >= 15 is 0 Å². The first-order valence-corrected chi connectivity index (χ1v) is 6.68. The number of aryl methyl sites for hydroxylation is 2. The quantitative estimate of drug-likeness (QED) is 0.790. The summed E-state index contributed by atoms with van der Waals surface area (Å²) in [5.41, 5.74) is 2.02. The van der Waals surface area contributed by atoms with Crippen LogP contribution >= 0.6 is 0 Å². The zero-order chi connectivity index (χ0) is 13.9. The maximum atomic E-state index is 5.66. The molecule has 0 aliphatic carbocycles. The van der Waals surface area contributed by atoms with Crippen molar-refractivity contribution in [3.63, 3.8) is 0 Å². The van der Waals surface area contributed by atoms with Crippen molar-refractivity contribution in [3.05, 3.63) is 53.3 Å². The van der Waals surface area contributed by atoms with Crippen LogP contribution in [0.25, 0.3) is 11.6 Å². The van der Waals surface area contributed by atoms with Crippen molar-refractivity contribution in [2.45, 2.75) is 26.7 Å². The minimum absolute atomic E-state index is 0.570. The van der Waals surface area contributed by atoms with Gasteiger partial charge in [-0.15, -0.1) is 5.10 Å². The van der Waals surface area contributed by atoms with Crippen molar-refractivity contribution in [1.82, 2.24) is 20.2 Å². The third-order valence-corrected chi connectivity index (χ3v) is 3.09. The fourth-order valence-corrected chi connectivity index (χ4v) is 2.08. The third kappa shape index (κ3) is 2.47. The van der Waals surface area contributed by atoms with Crippen LogP contribution in [-0.2, 0) is 12.8 Å². The van der Waals surface area contributed by atoms with Gasteiger partial charge >= 0.3 is 0 Å². The Bertz CT molecular complexity index is 700. The Balaban J connectivity index is 1.84. The average Bonchev–Trinajstić information content (AvgIpc) is 3.06. The molecule has 3 aromatic rings. The standard InChI is InChI=1S/C15H16N4O/c1-3-13-16-10(2)14(20-13)15-17-12(18-19-15)9-11-7-5-4-6-8-11/h4-8H,3,9H2,1-2H3,(H,17,18,19). The maximum absolute atomic E-state index is 5.66. The second-order valence-corrected chi connectivity index (χ2v) is 4.64. The molecular formula is C15H16N4O. The molecule has 0 aliphatic heterocycles. The Kier molecular flexibility index (Phi) is 3.33. The molecule has 0 spiro atoms. The van der Waals surface area contributed by atoms with Gasteiger partial charge in [-0.3, -0.25) is 5.10 Å². The highest BCUT2D eigenvalue weighted by molar-refractivity contribution is 5.49. The SMILES string of the molecule is CCc1nc(C)c(-c2n[nH]c(Cc3ccccc3)n2)o1. The van der Waals surface area contributed by atoms with Crippen LogP contribution in [0.15, 0.2) is 34.7 Å². The molecule has 1 aromatic carbocycles. The van der Waals surface area contributed by atoms with Crippen molar-refractivity contribution in [2.24, 2.45) is 0 Å². The van der Waals surface area contributed by atoms with Crippen LogP contribution in [-0.4, -0.2) is 20.2 Å². The predicted molar refractivity (Wildman–Crippen MR) is 75.2 cm³/mol. The molecule has 0 saturated heterocycles. The Hall–Kier alpha value is -2.43. The van der Waals surface area contributed by atoms with Crippen LogP contribution in [0, 0.1) is 6.92 Å². The number of hydrogen-bond donors (Lipinski definition) is 1. The van der Waals surface area contributed by atoms with Gasteiger partial charge in [0.25, 0.3) is 0 Å². The Morgan fingerprint density at radius 2 is 1.95 bits per heavy atom. The minimum Gasteiger partial charge on any atom is -0.437 e. The van der Waals surface area contributed by atoms with Gasteiger partial charge in [-0.1, -0.05) is 37.3 Å². The van der Waals surface area contributed by atoms with Crippen molar-refractivity contribution < 1.29 is 4.42 Å². The summed E-state index contributed by atoms with van der Waals surface area (Å²) in [4.78, 5) is 8.82. The second kappa shape index (κ2) is 5.28. The first kappa shape index (κ1) is 12.6. The van der Waals surface area contributed by atoms with Gasteiger partial charge < -0.3 is 4.42 Å². The fraction of sp³-hybridized carbons (Fsp3) is 0.267. The van der Waals surface area contributed by atoms with Crippen molar-refractivity contribution >= 4 is 0 Å². The predicted octanol–water partition coefficient (Wildman–Crippen LogP) is 2.92. The van der Waals surface area contributed by atoms with Crippen LogP contribution < -0.4 is 0 Å². The van der Waals surface area contributed by atoms with Gasteiger partial charge in [0.1, 0.15) is 5.82 Å². The van der Waals surface area contributed by atoms with Gasteiger partial charge in [0.15, 0.2) is 11.7 Å². The highest BCUT2D eigenvalue weighted by Gasteiger charge is 2.15. The van der Waals surface area contributed by atoms with Gasteiger partial charge in [0.05, 0.1) is 5.69 Å². The van der Waals surface area contributed by atoms with E-state index in [0.29, 0.717) is 17.5 Å². The van der Waals surface area contributed by atoms with E-state index in [1.807, 2.05) is 32.0 Å². The number of aromatic amines is 1. The molecule has 20 heavy (non-hydrogen) atoms. The van der Waals surface area contributed by atoms with E-state index in [9.17, 15) is 0 Å². The maximum Gasteiger partial charge on any atom is 0.218 e. The summed E-state index contributed by atoms with van der Waals surface area (Å²) in [5, 5.41) is 7.18. The third-order valence-electron chi connectivity index (χ3n) is 3.09. The summed E-state index contributed by atoms with van der Waals surface area (Å²) in [6, 6.07) is 10.2. The monoisotopic (exact) mass is 268 g/mol. The van der Waals surface area contributed by atoms with E-state index in [4.69, 9.17) is 4.42 Å². The molecule has 0 aliphatic rings. The summed E-state index contributed by atoms with van der Waals surface area (Å²) >= 11 is 0. The van der Waals surface area contributed by atoms with Crippen molar-refractivity contribution in [3.8, 4) is 11.6 Å². The van der Waals surface area contributed by atoms with Crippen LogP contribution in [0.1, 0.15) is 29.9 Å². The van der Waals surface area contributed by atoms with Crippen molar-refractivity contribution in [1.29, 1.82) is 0 Å². The van der Waals surface area contributed by atoms with Gasteiger partial charge in [-0.25, -0.2) is 9.97 Å². The second-order valence-electron chi connectivity index (χ2n) is 4.64. The highest BCUT2D eigenvalue weighted by Crippen LogP contribution is 2.21. The lowest BCUT2D eigenvalue weighted by molar-refractivity contribution is 0.510. The molecule has 0 bridgehead atoms. The lowest BCUT2D eigenvalue weighted by atomic mass is 10.1. The van der Waals surface area contributed by atoms with Gasteiger partial charge in [0, 0.05) is 12.8 Å². The molecule has 5 heteroatoms. The van der Waals surface area contributed by atoms with Crippen LogP contribution in [0.2, 0.25) is 0 Å². The van der Waals surface area contributed by atoms with Crippen molar-refractivity contribution in [2.75, 3.05) is 0 Å². The smallest absolute Gasteiger partial charge is 0.218 e. The molecule has 2 aromatic heterocycles. The van der Waals surface area contributed by atoms with E-state index in [1.165, 1.54) is 5.56 Å². The number of nitrogens with one attached hydrogen (secondary N) is 1. The number of nitrogens with zero attached hydrogens (tertiary/aromatic N) is 3. The fourth-order valence-electron chi connectivity index (χ4n) is 2.08. The Morgan fingerprint density at radius 1 is 1.15 bits per heavy atom. The molecule has 0 radical (unpaired) electrons. The summed E-state index contributed by atoms with van der Waals surface area (Å²) in [5.74, 6) is 2.75. The Labute approximate surface area is 117 Å². The van der Waals surface area contributed by atoms with Crippen LogP contribution in [0.5, 0.6) is 0 Å². The molecule has 3 rings (SSSR count).